The van der Waals surface area contributed by atoms with Gasteiger partial charge < -0.3 is 9.47 Å². The lowest BCUT2D eigenvalue weighted by molar-refractivity contribution is -0.188. The predicted octanol–water partition coefficient (Wildman–Crippen LogP) is 5.84. The van der Waals surface area contributed by atoms with Gasteiger partial charge in [0.05, 0.1) is 26.8 Å². The summed E-state index contributed by atoms with van der Waals surface area (Å²) in [5.41, 5.74) is 0.842. The molecule has 1 aromatic carbocycles. The second kappa shape index (κ2) is 10.0. The van der Waals surface area contributed by atoms with E-state index in [1.54, 1.807) is 18.9 Å². The van der Waals surface area contributed by atoms with Crippen LogP contribution < -0.4 is 9.47 Å². The molecule has 6 nitrogen and oxygen atoms in total. The summed E-state index contributed by atoms with van der Waals surface area (Å²) in [6.45, 7) is 0.842. The molecule has 10 heteroatoms. The van der Waals surface area contributed by atoms with E-state index in [4.69, 9.17) is 26.8 Å². The van der Waals surface area contributed by atoms with Crippen LogP contribution >= 0.6 is 12.2 Å². The molecule has 0 bridgehead atoms. The lowest BCUT2D eigenvalue weighted by Crippen LogP contribution is -2.42. The van der Waals surface area contributed by atoms with E-state index < -0.39 is 12.1 Å². The fraction of sp³-hybridized carbons (Fsp3) is 0.652. The summed E-state index contributed by atoms with van der Waals surface area (Å²) in [6.07, 6.45) is 2.01. The van der Waals surface area contributed by atoms with Crippen molar-refractivity contribution in [3.05, 3.63) is 23.0 Å². The van der Waals surface area contributed by atoms with Crippen molar-refractivity contribution in [1.29, 1.82) is 0 Å². The second-order valence-corrected chi connectivity index (χ2v) is 9.30. The van der Waals surface area contributed by atoms with E-state index >= 15 is 0 Å². The molecule has 2 heterocycles. The van der Waals surface area contributed by atoms with E-state index in [-0.39, 0.29) is 25.7 Å². The summed E-state index contributed by atoms with van der Waals surface area (Å²) < 4.78 is 55.1. The van der Waals surface area contributed by atoms with Crippen LogP contribution in [0.3, 0.4) is 0 Å². The molecule has 4 rings (SSSR count). The summed E-state index contributed by atoms with van der Waals surface area (Å²) >= 11 is 5.83. The molecule has 0 radical (unpaired) electrons. The quantitative estimate of drug-likeness (QED) is 0.483. The molecule has 1 aliphatic carbocycles. The average molecular weight is 485 g/mol. The summed E-state index contributed by atoms with van der Waals surface area (Å²) in [7, 11) is 3.17. The normalized spacial score (nSPS) is 20.7. The van der Waals surface area contributed by atoms with Crippen molar-refractivity contribution >= 4 is 12.2 Å². The van der Waals surface area contributed by atoms with Crippen LogP contribution in [-0.2, 0) is 6.67 Å². The summed E-state index contributed by atoms with van der Waals surface area (Å²) in [5, 5.41) is 4.82. The minimum atomic E-state index is -4.17. The Bertz CT molecular complexity index is 1010. The highest BCUT2D eigenvalue weighted by atomic mass is 32.1. The number of methoxy groups -OCH3 is 2. The minimum absolute atomic E-state index is 0.0206. The lowest BCUT2D eigenvalue weighted by atomic mass is 9.95. The van der Waals surface area contributed by atoms with Crippen molar-refractivity contribution in [2.24, 2.45) is 5.92 Å². The Kier molecular flexibility index (Phi) is 7.33. The molecule has 2 fully saturated rings. The molecule has 2 aromatic rings. The van der Waals surface area contributed by atoms with Gasteiger partial charge in [0.1, 0.15) is 0 Å². The number of rotatable bonds is 6. The molecule has 0 spiro atoms. The highest BCUT2D eigenvalue weighted by Gasteiger charge is 2.41. The van der Waals surface area contributed by atoms with Crippen molar-refractivity contribution in [2.45, 2.75) is 63.8 Å². The number of alkyl halides is 3. The van der Waals surface area contributed by atoms with Crippen LogP contribution in [0, 0.1) is 10.7 Å². The number of benzene rings is 1. The van der Waals surface area contributed by atoms with E-state index in [1.165, 1.54) is 6.42 Å². The van der Waals surface area contributed by atoms with Crippen LogP contribution in [0.4, 0.5) is 13.2 Å². The second-order valence-electron chi connectivity index (χ2n) is 8.94. The van der Waals surface area contributed by atoms with Gasteiger partial charge in [-0.25, -0.2) is 4.68 Å². The monoisotopic (exact) mass is 484 g/mol. The molecule has 0 amide bonds. The van der Waals surface area contributed by atoms with Gasteiger partial charge in [0.15, 0.2) is 22.1 Å². The molecule has 1 aliphatic heterocycles. The number of piperidine rings is 1. The van der Waals surface area contributed by atoms with Crippen molar-refractivity contribution in [3.63, 3.8) is 0 Å². The number of hydrogen-bond donors (Lipinski definition) is 0. The standard InChI is InChI=1S/C23H31F3N4O2S/c1-31-19-11-10-16(13-20(19)32-2)21-27-29(22(33)30(21)18-8-4-3-5-9-18)15-28-12-6-7-17(14-28)23(24,25)26/h10-11,13,17-18H,3-9,12,14-15H2,1-2H3. The van der Waals surface area contributed by atoms with Crippen LogP contribution in [0.15, 0.2) is 18.2 Å². The molecule has 182 valence electrons. The van der Waals surface area contributed by atoms with Crippen LogP contribution in [0.25, 0.3) is 11.4 Å². The molecule has 0 N–H and O–H groups in total. The Labute approximate surface area is 197 Å². The SMILES string of the molecule is COc1ccc(-c2nn(CN3CCCC(C(F)(F)F)C3)c(=S)n2C2CCCCC2)cc1OC. The highest BCUT2D eigenvalue weighted by molar-refractivity contribution is 7.71. The largest absolute Gasteiger partial charge is 0.493 e. The molecule has 1 aromatic heterocycles. The van der Waals surface area contributed by atoms with E-state index in [2.05, 4.69) is 4.57 Å². The third-order valence-electron chi connectivity index (χ3n) is 6.75. The maximum absolute atomic E-state index is 13.3. The Morgan fingerprint density at radius 3 is 2.42 bits per heavy atom. The van der Waals surface area contributed by atoms with Gasteiger partial charge in [-0.1, -0.05) is 19.3 Å². The number of aromatic nitrogens is 3. The Balaban J connectivity index is 1.69. The van der Waals surface area contributed by atoms with Crippen molar-refractivity contribution in [3.8, 4) is 22.9 Å². The third kappa shape index (κ3) is 5.21. The molecule has 1 unspecified atom stereocenters. The van der Waals surface area contributed by atoms with Gasteiger partial charge in [-0.2, -0.15) is 18.3 Å². The van der Waals surface area contributed by atoms with E-state index in [1.807, 2.05) is 23.1 Å². The van der Waals surface area contributed by atoms with Crippen LogP contribution in [0.2, 0.25) is 0 Å². The fourth-order valence-corrected chi connectivity index (χ4v) is 5.33. The van der Waals surface area contributed by atoms with Gasteiger partial charge in [-0.05, 0) is 62.6 Å². The first-order valence-electron chi connectivity index (χ1n) is 11.5. The van der Waals surface area contributed by atoms with E-state index in [9.17, 15) is 13.2 Å². The molecule has 1 saturated heterocycles. The molecule has 33 heavy (non-hydrogen) atoms. The van der Waals surface area contributed by atoms with Gasteiger partial charge in [0.2, 0.25) is 0 Å². The third-order valence-corrected chi connectivity index (χ3v) is 7.16. The van der Waals surface area contributed by atoms with Crippen molar-refractivity contribution in [1.82, 2.24) is 19.2 Å². The number of halogens is 3. The molecule has 2 aliphatic rings. The maximum atomic E-state index is 13.3. The predicted molar refractivity (Wildman–Crippen MR) is 122 cm³/mol. The molecular formula is C23H31F3N4O2S. The van der Waals surface area contributed by atoms with Crippen LogP contribution in [0.5, 0.6) is 11.5 Å². The molecule has 1 saturated carbocycles. The van der Waals surface area contributed by atoms with Gasteiger partial charge in [-0.3, -0.25) is 9.47 Å². The smallest absolute Gasteiger partial charge is 0.393 e. The summed E-state index contributed by atoms with van der Waals surface area (Å²) in [6, 6.07) is 5.86. The first-order valence-corrected chi connectivity index (χ1v) is 11.9. The molecule has 1 atom stereocenters. The number of likely N-dealkylation sites (tertiary alicyclic amines) is 1. The maximum Gasteiger partial charge on any atom is 0.393 e. The van der Waals surface area contributed by atoms with Crippen molar-refractivity contribution in [2.75, 3.05) is 27.3 Å². The Morgan fingerprint density at radius 1 is 1.03 bits per heavy atom. The topological polar surface area (TPSA) is 44.5 Å². The molecular weight excluding hydrogens is 453 g/mol. The lowest BCUT2D eigenvalue weighted by Gasteiger charge is -2.33. The van der Waals surface area contributed by atoms with Gasteiger partial charge in [-0.15, -0.1) is 0 Å². The summed E-state index contributed by atoms with van der Waals surface area (Å²) in [4.78, 5) is 1.81. The van der Waals surface area contributed by atoms with Gasteiger partial charge in [0, 0.05) is 18.2 Å². The fourth-order valence-electron chi connectivity index (χ4n) is 4.99. The van der Waals surface area contributed by atoms with Crippen LogP contribution in [0.1, 0.15) is 51.0 Å². The number of ether oxygens (including phenoxy) is 2. The first-order chi connectivity index (χ1) is 15.8. The van der Waals surface area contributed by atoms with Crippen molar-refractivity contribution < 1.29 is 22.6 Å². The van der Waals surface area contributed by atoms with Gasteiger partial charge >= 0.3 is 6.18 Å². The number of nitrogens with zero attached hydrogens (tertiary/aromatic N) is 4. The van der Waals surface area contributed by atoms with E-state index in [0.29, 0.717) is 29.2 Å². The van der Waals surface area contributed by atoms with E-state index in [0.717, 1.165) is 37.1 Å². The Hall–Kier alpha value is -2.07. The highest BCUT2D eigenvalue weighted by Crippen LogP contribution is 2.37. The van der Waals surface area contributed by atoms with Gasteiger partial charge in [0.25, 0.3) is 0 Å². The van der Waals surface area contributed by atoms with Crippen LogP contribution in [-0.4, -0.2) is 52.7 Å². The number of hydrogen-bond acceptors (Lipinski definition) is 5. The summed E-state index contributed by atoms with van der Waals surface area (Å²) in [5.74, 6) is 0.633. The Morgan fingerprint density at radius 2 is 1.76 bits per heavy atom. The zero-order valence-corrected chi connectivity index (χ0v) is 19.9. The zero-order valence-electron chi connectivity index (χ0n) is 19.1. The average Bonchev–Trinajstić information content (AvgIpc) is 3.14. The minimum Gasteiger partial charge on any atom is -0.493 e. The first kappa shape index (κ1) is 24.1. The zero-order chi connectivity index (χ0) is 23.6.